The summed E-state index contributed by atoms with van der Waals surface area (Å²) in [6, 6.07) is 4.32. The highest BCUT2D eigenvalue weighted by molar-refractivity contribution is 6.04. The molecular weight excluding hydrogens is 258 g/mol. The number of nitrogen functional groups attached to an aromatic ring is 1. The Morgan fingerprint density at radius 1 is 1.40 bits per heavy atom. The molecule has 0 spiro atoms. The van der Waals surface area contributed by atoms with Gasteiger partial charge in [-0.1, -0.05) is 0 Å². The molecule has 0 radical (unpaired) electrons. The van der Waals surface area contributed by atoms with Crippen molar-refractivity contribution in [1.29, 1.82) is 0 Å². The SMILES string of the molecule is Cc1cc(N)ccc1C(=O)NC1CCC(=O)N(C)C1=O. The Morgan fingerprint density at radius 2 is 2.10 bits per heavy atom. The number of imide groups is 1. The second kappa shape index (κ2) is 5.32. The van der Waals surface area contributed by atoms with E-state index in [0.29, 0.717) is 17.7 Å². The number of hydrogen-bond acceptors (Lipinski definition) is 4. The molecule has 1 unspecified atom stereocenters. The minimum Gasteiger partial charge on any atom is -0.399 e. The number of amides is 3. The van der Waals surface area contributed by atoms with Gasteiger partial charge >= 0.3 is 0 Å². The molecule has 1 heterocycles. The number of rotatable bonds is 2. The van der Waals surface area contributed by atoms with Crippen LogP contribution in [0.2, 0.25) is 0 Å². The third-order valence-corrected chi connectivity index (χ3v) is 3.45. The van der Waals surface area contributed by atoms with Crippen molar-refractivity contribution in [1.82, 2.24) is 10.2 Å². The standard InChI is InChI=1S/C14H17N3O3/c1-8-7-9(15)3-4-10(8)13(19)16-11-5-6-12(18)17(2)14(11)20/h3-4,7,11H,5-6,15H2,1-2H3,(H,16,19). The number of aryl methyl sites for hydroxylation is 1. The zero-order chi connectivity index (χ0) is 14.9. The van der Waals surface area contributed by atoms with Gasteiger partial charge in [-0.2, -0.15) is 0 Å². The number of nitrogens with one attached hydrogen (secondary N) is 1. The van der Waals surface area contributed by atoms with Gasteiger partial charge in [-0.3, -0.25) is 19.3 Å². The van der Waals surface area contributed by atoms with Gasteiger partial charge in [0, 0.05) is 24.7 Å². The molecule has 0 bridgehead atoms. The van der Waals surface area contributed by atoms with Crippen LogP contribution < -0.4 is 11.1 Å². The van der Waals surface area contributed by atoms with Gasteiger partial charge in [0.25, 0.3) is 11.8 Å². The monoisotopic (exact) mass is 275 g/mol. The first-order valence-corrected chi connectivity index (χ1v) is 6.37. The molecule has 1 aromatic carbocycles. The highest BCUT2D eigenvalue weighted by Gasteiger charge is 2.32. The van der Waals surface area contributed by atoms with Gasteiger partial charge in [-0.05, 0) is 37.1 Å². The van der Waals surface area contributed by atoms with Gasteiger partial charge in [-0.15, -0.1) is 0 Å². The van der Waals surface area contributed by atoms with E-state index in [2.05, 4.69) is 5.32 Å². The lowest BCUT2D eigenvalue weighted by Gasteiger charge is -2.28. The van der Waals surface area contributed by atoms with Crippen molar-refractivity contribution in [2.24, 2.45) is 0 Å². The highest BCUT2D eigenvalue weighted by Crippen LogP contribution is 2.15. The third-order valence-electron chi connectivity index (χ3n) is 3.45. The summed E-state index contributed by atoms with van der Waals surface area (Å²) in [7, 11) is 1.43. The molecule has 2 rings (SSSR count). The van der Waals surface area contributed by atoms with Crippen LogP contribution in [0.25, 0.3) is 0 Å². The average Bonchev–Trinajstić information content (AvgIpc) is 2.39. The normalized spacial score (nSPS) is 19.1. The van der Waals surface area contributed by atoms with E-state index in [4.69, 9.17) is 5.73 Å². The predicted molar refractivity (Wildman–Crippen MR) is 73.9 cm³/mol. The number of carbonyl (C=O) groups excluding carboxylic acids is 3. The van der Waals surface area contributed by atoms with Gasteiger partial charge in [0.15, 0.2) is 0 Å². The number of carbonyl (C=O) groups is 3. The lowest BCUT2D eigenvalue weighted by Crippen LogP contribution is -2.53. The van der Waals surface area contributed by atoms with Gasteiger partial charge in [0.1, 0.15) is 6.04 Å². The molecule has 6 nitrogen and oxygen atoms in total. The van der Waals surface area contributed by atoms with Gasteiger partial charge < -0.3 is 11.1 Å². The average molecular weight is 275 g/mol. The summed E-state index contributed by atoms with van der Waals surface area (Å²) in [6.07, 6.45) is 0.593. The van der Waals surface area contributed by atoms with Crippen LogP contribution in [0.15, 0.2) is 18.2 Å². The van der Waals surface area contributed by atoms with E-state index in [1.165, 1.54) is 7.05 Å². The summed E-state index contributed by atoms with van der Waals surface area (Å²) >= 11 is 0. The fraction of sp³-hybridized carbons (Fsp3) is 0.357. The van der Waals surface area contributed by atoms with Crippen molar-refractivity contribution in [3.05, 3.63) is 29.3 Å². The summed E-state index contributed by atoms with van der Waals surface area (Å²) in [6.45, 7) is 1.78. The maximum atomic E-state index is 12.2. The lowest BCUT2D eigenvalue weighted by atomic mass is 10.0. The fourth-order valence-electron chi connectivity index (χ4n) is 2.23. The number of piperidine rings is 1. The van der Waals surface area contributed by atoms with E-state index in [1.807, 2.05) is 0 Å². The van der Waals surface area contributed by atoms with Crippen molar-refractivity contribution >= 4 is 23.4 Å². The van der Waals surface area contributed by atoms with E-state index in [1.54, 1.807) is 25.1 Å². The molecule has 1 atom stereocenters. The summed E-state index contributed by atoms with van der Waals surface area (Å²) in [5.41, 5.74) is 7.44. The van der Waals surface area contributed by atoms with Crippen LogP contribution in [-0.2, 0) is 9.59 Å². The Hall–Kier alpha value is -2.37. The molecule has 1 saturated heterocycles. The topological polar surface area (TPSA) is 92.5 Å². The first kappa shape index (κ1) is 14.0. The minimum absolute atomic E-state index is 0.218. The molecule has 1 fully saturated rings. The maximum absolute atomic E-state index is 12.2. The number of likely N-dealkylation sites (N-methyl/N-ethyl adjacent to an activating group) is 1. The van der Waals surface area contributed by atoms with Crippen LogP contribution in [0.4, 0.5) is 5.69 Å². The molecule has 0 aliphatic carbocycles. The van der Waals surface area contributed by atoms with Crippen molar-refractivity contribution in [2.75, 3.05) is 12.8 Å². The molecule has 6 heteroatoms. The van der Waals surface area contributed by atoms with Crippen molar-refractivity contribution in [3.8, 4) is 0 Å². The highest BCUT2D eigenvalue weighted by atomic mass is 16.2. The molecule has 3 N–H and O–H groups in total. The Balaban J connectivity index is 2.12. The molecule has 106 valence electrons. The lowest BCUT2D eigenvalue weighted by molar-refractivity contribution is -0.147. The number of hydrogen-bond donors (Lipinski definition) is 2. The van der Waals surface area contributed by atoms with Crippen LogP contribution in [0, 0.1) is 6.92 Å². The van der Waals surface area contributed by atoms with E-state index in [0.717, 1.165) is 10.5 Å². The fourth-order valence-corrected chi connectivity index (χ4v) is 2.23. The second-order valence-corrected chi connectivity index (χ2v) is 4.93. The zero-order valence-corrected chi connectivity index (χ0v) is 11.5. The summed E-state index contributed by atoms with van der Waals surface area (Å²) in [4.78, 5) is 36.5. The van der Waals surface area contributed by atoms with Gasteiger partial charge in [-0.25, -0.2) is 0 Å². The number of nitrogens with zero attached hydrogens (tertiary/aromatic N) is 1. The van der Waals surface area contributed by atoms with Crippen LogP contribution in [0.1, 0.15) is 28.8 Å². The molecule has 0 aromatic heterocycles. The molecular formula is C14H17N3O3. The summed E-state index contributed by atoms with van der Waals surface area (Å²) in [5, 5.41) is 2.67. The maximum Gasteiger partial charge on any atom is 0.252 e. The number of nitrogens with two attached hydrogens (primary N) is 1. The molecule has 1 aliphatic rings. The van der Waals surface area contributed by atoms with E-state index in [-0.39, 0.29) is 24.1 Å². The van der Waals surface area contributed by atoms with Crippen LogP contribution >= 0.6 is 0 Å². The van der Waals surface area contributed by atoms with Crippen molar-refractivity contribution in [2.45, 2.75) is 25.8 Å². The largest absolute Gasteiger partial charge is 0.399 e. The van der Waals surface area contributed by atoms with Gasteiger partial charge in [0.2, 0.25) is 5.91 Å². The van der Waals surface area contributed by atoms with Crippen LogP contribution in [-0.4, -0.2) is 35.7 Å². The summed E-state index contributed by atoms with van der Waals surface area (Å²) < 4.78 is 0. The number of benzene rings is 1. The Bertz CT molecular complexity index is 583. The Kier molecular flexibility index (Phi) is 3.74. The number of anilines is 1. The van der Waals surface area contributed by atoms with Crippen molar-refractivity contribution < 1.29 is 14.4 Å². The molecule has 1 aliphatic heterocycles. The second-order valence-electron chi connectivity index (χ2n) is 4.93. The Labute approximate surface area is 116 Å². The smallest absolute Gasteiger partial charge is 0.252 e. The first-order chi connectivity index (χ1) is 9.40. The zero-order valence-electron chi connectivity index (χ0n) is 11.5. The van der Waals surface area contributed by atoms with Crippen LogP contribution in [0.3, 0.4) is 0 Å². The molecule has 1 aromatic rings. The molecule has 3 amide bonds. The van der Waals surface area contributed by atoms with E-state index < -0.39 is 6.04 Å². The predicted octanol–water partition coefficient (Wildman–Crippen LogP) is 0.454. The number of likely N-dealkylation sites (tertiary alicyclic amines) is 1. The van der Waals surface area contributed by atoms with E-state index >= 15 is 0 Å². The first-order valence-electron chi connectivity index (χ1n) is 6.37. The Morgan fingerprint density at radius 3 is 2.75 bits per heavy atom. The van der Waals surface area contributed by atoms with Crippen molar-refractivity contribution in [3.63, 3.8) is 0 Å². The quantitative estimate of drug-likeness (QED) is 0.605. The van der Waals surface area contributed by atoms with Gasteiger partial charge in [0.05, 0.1) is 0 Å². The third kappa shape index (κ3) is 2.64. The molecule has 0 saturated carbocycles. The minimum atomic E-state index is -0.651. The van der Waals surface area contributed by atoms with E-state index in [9.17, 15) is 14.4 Å². The van der Waals surface area contributed by atoms with Crippen LogP contribution in [0.5, 0.6) is 0 Å². The summed E-state index contributed by atoms with van der Waals surface area (Å²) in [5.74, 6) is -0.921. The molecule has 20 heavy (non-hydrogen) atoms.